The van der Waals surface area contributed by atoms with Crippen LogP contribution in [0.25, 0.3) is 11.4 Å². The van der Waals surface area contributed by atoms with Crippen LogP contribution in [-0.2, 0) is 6.54 Å². The van der Waals surface area contributed by atoms with Gasteiger partial charge in [0.25, 0.3) is 0 Å². The van der Waals surface area contributed by atoms with E-state index < -0.39 is 0 Å². The molecule has 0 atom stereocenters. The predicted octanol–water partition coefficient (Wildman–Crippen LogP) is 3.69. The number of aromatic nitrogens is 3. The summed E-state index contributed by atoms with van der Waals surface area (Å²) in [6, 6.07) is 11.5. The average molecular weight is 404 g/mol. The SMILES string of the molecule is Cc1ccc(NC(=S)NCc2nc(-c3cccc(Br)c3)no2)nc1. The van der Waals surface area contributed by atoms with Crippen molar-refractivity contribution in [2.75, 3.05) is 5.32 Å². The van der Waals surface area contributed by atoms with E-state index in [1.54, 1.807) is 6.20 Å². The zero-order valence-electron chi connectivity index (χ0n) is 12.8. The first-order chi connectivity index (χ1) is 11.6. The molecule has 0 saturated heterocycles. The second kappa shape index (κ2) is 7.50. The molecular formula is C16H14BrN5OS. The first-order valence-electron chi connectivity index (χ1n) is 7.16. The van der Waals surface area contributed by atoms with Gasteiger partial charge in [-0.25, -0.2) is 4.98 Å². The molecular weight excluding hydrogens is 390 g/mol. The second-order valence-corrected chi connectivity index (χ2v) is 6.37. The molecule has 0 bridgehead atoms. The van der Waals surface area contributed by atoms with E-state index >= 15 is 0 Å². The van der Waals surface area contributed by atoms with Crippen LogP contribution in [0.4, 0.5) is 5.82 Å². The monoisotopic (exact) mass is 403 g/mol. The number of nitrogens with one attached hydrogen (secondary N) is 2. The van der Waals surface area contributed by atoms with Crippen LogP contribution in [0.1, 0.15) is 11.5 Å². The number of halogens is 1. The molecule has 0 spiro atoms. The Morgan fingerprint density at radius 2 is 2.17 bits per heavy atom. The Labute approximate surface area is 152 Å². The lowest BCUT2D eigenvalue weighted by Gasteiger charge is -2.07. The standard InChI is InChI=1S/C16H14BrN5OS/c1-10-5-6-13(18-8-10)20-16(24)19-9-14-21-15(22-23-14)11-3-2-4-12(17)7-11/h2-8H,9H2,1H3,(H2,18,19,20,24). The van der Waals surface area contributed by atoms with Crippen molar-refractivity contribution in [3.8, 4) is 11.4 Å². The zero-order chi connectivity index (χ0) is 16.9. The minimum Gasteiger partial charge on any atom is -0.353 e. The maximum absolute atomic E-state index is 5.23. The maximum Gasteiger partial charge on any atom is 0.246 e. The van der Waals surface area contributed by atoms with Gasteiger partial charge in [-0.2, -0.15) is 4.98 Å². The highest BCUT2D eigenvalue weighted by Gasteiger charge is 2.09. The Kier molecular flexibility index (Phi) is 5.17. The topological polar surface area (TPSA) is 75.9 Å². The van der Waals surface area contributed by atoms with Crippen molar-refractivity contribution in [1.29, 1.82) is 0 Å². The third-order valence-electron chi connectivity index (χ3n) is 3.10. The number of thiocarbonyl (C=S) groups is 1. The minimum absolute atomic E-state index is 0.332. The first kappa shape index (κ1) is 16.5. The fraction of sp³-hybridized carbons (Fsp3) is 0.125. The summed E-state index contributed by atoms with van der Waals surface area (Å²) in [6.07, 6.45) is 1.77. The summed E-state index contributed by atoms with van der Waals surface area (Å²) in [4.78, 5) is 8.58. The Morgan fingerprint density at radius 3 is 2.92 bits per heavy atom. The highest BCUT2D eigenvalue weighted by Crippen LogP contribution is 2.20. The summed E-state index contributed by atoms with van der Waals surface area (Å²) in [6.45, 7) is 2.31. The quantitative estimate of drug-likeness (QED) is 0.643. The summed E-state index contributed by atoms with van der Waals surface area (Å²) >= 11 is 8.65. The Morgan fingerprint density at radius 1 is 1.29 bits per heavy atom. The van der Waals surface area contributed by atoms with Crippen LogP contribution < -0.4 is 10.6 Å². The van der Waals surface area contributed by atoms with Gasteiger partial charge in [-0.1, -0.05) is 39.3 Å². The minimum atomic E-state index is 0.332. The van der Waals surface area contributed by atoms with Gasteiger partial charge in [0.15, 0.2) is 5.11 Å². The van der Waals surface area contributed by atoms with Crippen molar-refractivity contribution >= 4 is 39.1 Å². The molecule has 0 aliphatic carbocycles. The fourth-order valence-corrected chi connectivity index (χ4v) is 2.51. The number of hydrogen-bond donors (Lipinski definition) is 2. The van der Waals surface area contributed by atoms with Crippen LogP contribution in [0.2, 0.25) is 0 Å². The lowest BCUT2D eigenvalue weighted by atomic mass is 10.2. The van der Waals surface area contributed by atoms with Gasteiger partial charge in [0.2, 0.25) is 11.7 Å². The van der Waals surface area contributed by atoms with Crippen LogP contribution in [0.5, 0.6) is 0 Å². The molecule has 0 unspecified atom stereocenters. The molecule has 2 aromatic heterocycles. The van der Waals surface area contributed by atoms with E-state index in [2.05, 4.69) is 41.7 Å². The molecule has 24 heavy (non-hydrogen) atoms. The number of hydrogen-bond acceptors (Lipinski definition) is 5. The van der Waals surface area contributed by atoms with Crippen molar-refractivity contribution < 1.29 is 4.52 Å². The van der Waals surface area contributed by atoms with E-state index in [1.807, 2.05) is 43.3 Å². The smallest absolute Gasteiger partial charge is 0.246 e. The molecule has 0 fully saturated rings. The molecule has 0 saturated carbocycles. The number of nitrogens with zero attached hydrogens (tertiary/aromatic N) is 3. The molecule has 0 radical (unpaired) electrons. The van der Waals surface area contributed by atoms with Crippen molar-refractivity contribution in [3.05, 3.63) is 58.5 Å². The Bertz CT molecular complexity index is 850. The van der Waals surface area contributed by atoms with E-state index in [9.17, 15) is 0 Å². The van der Waals surface area contributed by atoms with E-state index in [1.165, 1.54) is 0 Å². The van der Waals surface area contributed by atoms with Crippen molar-refractivity contribution in [1.82, 2.24) is 20.4 Å². The number of pyridine rings is 1. The normalized spacial score (nSPS) is 10.4. The van der Waals surface area contributed by atoms with Crippen molar-refractivity contribution in [2.45, 2.75) is 13.5 Å². The van der Waals surface area contributed by atoms with Gasteiger partial charge >= 0.3 is 0 Å². The van der Waals surface area contributed by atoms with Gasteiger partial charge in [0.1, 0.15) is 5.82 Å². The van der Waals surface area contributed by atoms with Crippen LogP contribution in [0, 0.1) is 6.92 Å². The van der Waals surface area contributed by atoms with Gasteiger partial charge in [-0.05, 0) is 42.9 Å². The first-order valence-corrected chi connectivity index (χ1v) is 8.36. The molecule has 0 aliphatic heterocycles. The van der Waals surface area contributed by atoms with Gasteiger partial charge in [0, 0.05) is 16.2 Å². The fourth-order valence-electron chi connectivity index (χ4n) is 1.93. The van der Waals surface area contributed by atoms with E-state index in [4.69, 9.17) is 16.7 Å². The van der Waals surface area contributed by atoms with Gasteiger partial charge < -0.3 is 15.2 Å². The van der Waals surface area contributed by atoms with Gasteiger partial charge in [0.05, 0.1) is 6.54 Å². The number of aryl methyl sites for hydroxylation is 1. The zero-order valence-corrected chi connectivity index (χ0v) is 15.2. The lowest BCUT2D eigenvalue weighted by Crippen LogP contribution is -2.28. The number of rotatable bonds is 4. The molecule has 0 aliphatic rings. The van der Waals surface area contributed by atoms with E-state index in [0.29, 0.717) is 29.2 Å². The molecule has 2 heterocycles. The Hall–Kier alpha value is -2.32. The van der Waals surface area contributed by atoms with Gasteiger partial charge in [-0.15, -0.1) is 0 Å². The van der Waals surface area contributed by atoms with Crippen LogP contribution in [0.3, 0.4) is 0 Å². The highest BCUT2D eigenvalue weighted by atomic mass is 79.9. The van der Waals surface area contributed by atoms with Crippen LogP contribution in [0.15, 0.2) is 51.6 Å². The summed E-state index contributed by atoms with van der Waals surface area (Å²) < 4.78 is 6.19. The third kappa shape index (κ3) is 4.36. The molecule has 2 N–H and O–H groups in total. The van der Waals surface area contributed by atoms with Gasteiger partial charge in [-0.3, -0.25) is 0 Å². The summed E-state index contributed by atoms with van der Waals surface area (Å²) in [5.74, 6) is 1.66. The number of benzene rings is 1. The van der Waals surface area contributed by atoms with Crippen LogP contribution in [-0.4, -0.2) is 20.2 Å². The second-order valence-electron chi connectivity index (χ2n) is 5.05. The number of anilines is 1. The van der Waals surface area contributed by atoms with Crippen molar-refractivity contribution in [3.63, 3.8) is 0 Å². The summed E-state index contributed by atoms with van der Waals surface area (Å²) in [5.41, 5.74) is 1.97. The molecule has 3 aromatic rings. The Balaban J connectivity index is 1.57. The molecule has 0 amide bonds. The third-order valence-corrected chi connectivity index (χ3v) is 3.84. The van der Waals surface area contributed by atoms with Crippen LogP contribution >= 0.6 is 28.1 Å². The molecule has 6 nitrogen and oxygen atoms in total. The van der Waals surface area contributed by atoms with E-state index in [0.717, 1.165) is 15.6 Å². The molecule has 8 heteroatoms. The largest absolute Gasteiger partial charge is 0.353 e. The van der Waals surface area contributed by atoms with Crippen molar-refractivity contribution in [2.24, 2.45) is 0 Å². The lowest BCUT2D eigenvalue weighted by molar-refractivity contribution is 0.376. The summed E-state index contributed by atoms with van der Waals surface area (Å²) in [7, 11) is 0. The van der Waals surface area contributed by atoms with E-state index in [-0.39, 0.29) is 0 Å². The maximum atomic E-state index is 5.23. The average Bonchev–Trinajstić information content (AvgIpc) is 3.04. The predicted molar refractivity (Wildman–Crippen MR) is 99.5 cm³/mol. The highest BCUT2D eigenvalue weighted by molar-refractivity contribution is 9.10. The molecule has 122 valence electrons. The summed E-state index contributed by atoms with van der Waals surface area (Å²) in [5, 5.41) is 10.4. The molecule has 3 rings (SSSR count). The molecule has 1 aromatic carbocycles.